The lowest BCUT2D eigenvalue weighted by Gasteiger charge is -2.27. The number of rotatable bonds is 1. The number of hydrogen-bond acceptors (Lipinski definition) is 2. The Morgan fingerprint density at radius 3 is 2.43 bits per heavy atom. The van der Waals surface area contributed by atoms with Crippen LogP contribution in [0.3, 0.4) is 0 Å². The second-order valence-corrected chi connectivity index (χ2v) is 2.55. The van der Waals surface area contributed by atoms with Gasteiger partial charge in [0.1, 0.15) is 5.57 Å². The zero-order chi connectivity index (χ0) is 11.0. The monoisotopic (exact) mass is 211 g/mol. The lowest BCUT2D eigenvalue weighted by atomic mass is 10.0. The zero-order valence-electron chi connectivity index (χ0n) is 6.60. The Hall–Kier alpha value is -1.53. The van der Waals surface area contributed by atoms with Crippen molar-refractivity contribution in [3.63, 3.8) is 0 Å². The number of nitrogens with one attached hydrogen (secondary N) is 1. The van der Waals surface area contributed by atoms with Gasteiger partial charge in [-0.1, -0.05) is 0 Å². The summed E-state index contributed by atoms with van der Waals surface area (Å²) in [6.07, 6.45) is -2.97. The van der Waals surface area contributed by atoms with Gasteiger partial charge in [0.05, 0.1) is 0 Å². The van der Waals surface area contributed by atoms with E-state index in [-0.39, 0.29) is 0 Å². The molecule has 3 nitrogen and oxygen atoms in total. The molecule has 0 spiro atoms. The van der Waals surface area contributed by atoms with E-state index < -0.39 is 23.5 Å². The minimum atomic E-state index is -5.02. The van der Waals surface area contributed by atoms with Gasteiger partial charge >= 0.3 is 17.9 Å². The third-order valence-corrected chi connectivity index (χ3v) is 1.61. The topological polar surface area (TPSA) is 49.3 Å². The number of aliphatic carboxylic acids is 1. The first-order valence-electron chi connectivity index (χ1n) is 3.43. The van der Waals surface area contributed by atoms with Crippen molar-refractivity contribution in [3.05, 3.63) is 23.9 Å². The second-order valence-electron chi connectivity index (χ2n) is 2.55. The van der Waals surface area contributed by atoms with Crippen LogP contribution in [0.1, 0.15) is 0 Å². The summed E-state index contributed by atoms with van der Waals surface area (Å²) in [7, 11) is 0. The largest absolute Gasteiger partial charge is 0.477 e. The van der Waals surface area contributed by atoms with Crippen LogP contribution < -0.4 is 5.32 Å². The maximum absolute atomic E-state index is 13.3. The van der Waals surface area contributed by atoms with Crippen LogP contribution in [0, 0.1) is 0 Å². The van der Waals surface area contributed by atoms with Crippen LogP contribution in [-0.4, -0.2) is 23.0 Å². The number of carboxylic acids is 1. The molecule has 1 aliphatic heterocycles. The summed E-state index contributed by atoms with van der Waals surface area (Å²) in [6.45, 7) is 0. The predicted molar refractivity (Wildman–Crippen MR) is 37.9 cm³/mol. The fourth-order valence-electron chi connectivity index (χ4n) is 0.967. The van der Waals surface area contributed by atoms with Gasteiger partial charge in [0.25, 0.3) is 0 Å². The molecular formula is C7H5F4NO2. The Kier molecular flexibility index (Phi) is 2.26. The Bertz CT molecular complexity index is 320. The summed E-state index contributed by atoms with van der Waals surface area (Å²) in [4.78, 5) is 10.3. The highest BCUT2D eigenvalue weighted by molar-refractivity contribution is 5.82. The van der Waals surface area contributed by atoms with Gasteiger partial charge in [-0.3, -0.25) is 0 Å². The highest BCUT2D eigenvalue weighted by Gasteiger charge is 2.54. The minimum absolute atomic E-state index is 0.380. The van der Waals surface area contributed by atoms with Crippen molar-refractivity contribution in [2.45, 2.75) is 12.0 Å². The fraction of sp³-hybridized carbons (Fsp3) is 0.286. The van der Waals surface area contributed by atoms with E-state index in [0.29, 0.717) is 6.08 Å². The summed E-state index contributed by atoms with van der Waals surface area (Å²) in [5.74, 6) is -5.84. The van der Waals surface area contributed by atoms with Crippen LogP contribution >= 0.6 is 0 Å². The Balaban J connectivity index is 3.17. The van der Waals surface area contributed by atoms with Crippen LogP contribution in [-0.2, 0) is 4.79 Å². The molecule has 0 amide bonds. The van der Waals surface area contributed by atoms with Crippen molar-refractivity contribution in [1.82, 2.24) is 5.32 Å². The Labute approximate surface area is 75.7 Å². The van der Waals surface area contributed by atoms with E-state index in [0.717, 1.165) is 12.3 Å². The lowest BCUT2D eigenvalue weighted by molar-refractivity contribution is -0.159. The van der Waals surface area contributed by atoms with E-state index in [2.05, 4.69) is 0 Å². The molecule has 0 saturated carbocycles. The van der Waals surface area contributed by atoms with E-state index in [9.17, 15) is 22.4 Å². The molecule has 0 bridgehead atoms. The molecule has 1 aliphatic rings. The van der Waals surface area contributed by atoms with Crippen molar-refractivity contribution in [3.8, 4) is 0 Å². The summed E-state index contributed by atoms with van der Waals surface area (Å²) in [5.41, 5.74) is -1.78. The number of alkyl halides is 4. The Morgan fingerprint density at radius 1 is 1.50 bits per heavy atom. The van der Waals surface area contributed by atoms with Gasteiger partial charge in [-0.05, 0) is 18.4 Å². The second kappa shape index (κ2) is 3.00. The van der Waals surface area contributed by atoms with E-state index >= 15 is 0 Å². The van der Waals surface area contributed by atoms with Crippen molar-refractivity contribution < 1.29 is 27.5 Å². The van der Waals surface area contributed by atoms with Crippen molar-refractivity contribution in [1.29, 1.82) is 0 Å². The van der Waals surface area contributed by atoms with Crippen LogP contribution in [0.2, 0.25) is 0 Å². The summed E-state index contributed by atoms with van der Waals surface area (Å²) in [6, 6.07) is 0. The predicted octanol–water partition coefficient (Wildman–Crippen LogP) is 1.34. The molecule has 0 fully saturated rings. The molecule has 14 heavy (non-hydrogen) atoms. The lowest BCUT2D eigenvalue weighted by Crippen LogP contribution is -2.52. The summed E-state index contributed by atoms with van der Waals surface area (Å²) in [5, 5.41) is 9.84. The molecule has 78 valence electrons. The number of hydrogen-bond donors (Lipinski definition) is 2. The molecule has 0 aromatic heterocycles. The van der Waals surface area contributed by atoms with Crippen molar-refractivity contribution in [2.24, 2.45) is 0 Å². The van der Waals surface area contributed by atoms with Gasteiger partial charge in [-0.2, -0.15) is 13.2 Å². The van der Waals surface area contributed by atoms with E-state index in [1.165, 1.54) is 5.32 Å². The molecular weight excluding hydrogens is 206 g/mol. The van der Waals surface area contributed by atoms with Gasteiger partial charge in [0, 0.05) is 0 Å². The summed E-state index contributed by atoms with van der Waals surface area (Å²) >= 11 is 0. The highest BCUT2D eigenvalue weighted by atomic mass is 19.4. The van der Waals surface area contributed by atoms with Gasteiger partial charge in [0.2, 0.25) is 0 Å². The third-order valence-electron chi connectivity index (χ3n) is 1.61. The molecule has 0 saturated heterocycles. The van der Waals surface area contributed by atoms with Crippen molar-refractivity contribution >= 4 is 5.97 Å². The first kappa shape index (κ1) is 10.6. The molecule has 1 atom stereocenters. The quantitative estimate of drug-likeness (QED) is 0.508. The molecule has 1 heterocycles. The number of allylic oxidation sites excluding steroid dienone is 2. The smallest absolute Gasteiger partial charge is 0.418 e. The fourth-order valence-corrected chi connectivity index (χ4v) is 0.967. The first-order valence-corrected chi connectivity index (χ1v) is 3.43. The molecule has 2 N–H and O–H groups in total. The molecule has 1 unspecified atom stereocenters. The van der Waals surface area contributed by atoms with Crippen LogP contribution in [0.4, 0.5) is 17.6 Å². The molecule has 0 radical (unpaired) electrons. The average molecular weight is 211 g/mol. The minimum Gasteiger partial charge on any atom is -0.477 e. The number of dihydropyridines is 1. The SMILES string of the molecule is O=C(O)C1(F)NC=CC=C1C(F)(F)F. The normalized spacial score (nSPS) is 26.7. The van der Waals surface area contributed by atoms with Gasteiger partial charge in [-0.15, -0.1) is 0 Å². The zero-order valence-corrected chi connectivity index (χ0v) is 6.60. The Morgan fingerprint density at radius 2 is 2.07 bits per heavy atom. The maximum Gasteiger partial charge on any atom is 0.418 e. The molecule has 1 rings (SSSR count). The molecule has 0 aromatic rings. The maximum atomic E-state index is 13.3. The van der Waals surface area contributed by atoms with Gasteiger partial charge in [0.15, 0.2) is 0 Å². The van der Waals surface area contributed by atoms with Gasteiger partial charge in [-0.25, -0.2) is 9.18 Å². The molecule has 7 heteroatoms. The number of halogens is 4. The average Bonchev–Trinajstić information content (AvgIpc) is 2.02. The van der Waals surface area contributed by atoms with Crippen LogP contribution in [0.25, 0.3) is 0 Å². The van der Waals surface area contributed by atoms with E-state index in [1.54, 1.807) is 0 Å². The van der Waals surface area contributed by atoms with E-state index in [4.69, 9.17) is 5.11 Å². The standard InChI is InChI=1S/C7H5F4NO2/c8-6(5(13)14)4(7(9,10)11)2-1-3-12-6/h1-3,12H,(H,13,14). The van der Waals surface area contributed by atoms with Gasteiger partial charge < -0.3 is 10.4 Å². The van der Waals surface area contributed by atoms with Crippen LogP contribution in [0.5, 0.6) is 0 Å². The third kappa shape index (κ3) is 1.57. The number of carboxylic acid groups (broad SMARTS) is 1. The highest BCUT2D eigenvalue weighted by Crippen LogP contribution is 2.36. The molecule has 0 aliphatic carbocycles. The molecule has 0 aromatic carbocycles. The van der Waals surface area contributed by atoms with E-state index in [1.807, 2.05) is 0 Å². The number of carbonyl (C=O) groups is 1. The summed E-state index contributed by atoms with van der Waals surface area (Å²) < 4.78 is 49.8. The first-order chi connectivity index (χ1) is 6.28. The van der Waals surface area contributed by atoms with Crippen molar-refractivity contribution in [2.75, 3.05) is 0 Å². The van der Waals surface area contributed by atoms with Crippen LogP contribution in [0.15, 0.2) is 23.9 Å².